The fourth-order valence-corrected chi connectivity index (χ4v) is 4.66. The fourth-order valence-electron chi connectivity index (χ4n) is 4.66. The standard InChI is InChI=1S/C32H34FNO5/c1-20-9-12-23(32(2,3)4)18-26(20)29(35)27-28(34(15-16-38-5)31(37)30(27)36)22-7-6-8-25(17-22)39-19-21-10-13-24(33)14-11-21/h6-14,17-18,28,35H,15-16,19H2,1-5H3/b29-27+. The van der Waals surface area contributed by atoms with Crippen LogP contribution in [0.5, 0.6) is 5.75 Å². The number of benzene rings is 3. The molecule has 1 N–H and O–H groups in total. The molecule has 1 aliphatic heterocycles. The molecule has 1 aliphatic rings. The van der Waals surface area contributed by atoms with Crippen LogP contribution in [0.15, 0.2) is 72.3 Å². The van der Waals surface area contributed by atoms with Crippen LogP contribution < -0.4 is 4.74 Å². The minimum Gasteiger partial charge on any atom is -0.507 e. The minimum atomic E-state index is -0.827. The van der Waals surface area contributed by atoms with E-state index >= 15 is 0 Å². The maximum Gasteiger partial charge on any atom is 0.295 e. The quantitative estimate of drug-likeness (QED) is 0.217. The lowest BCUT2D eigenvalue weighted by Crippen LogP contribution is -2.32. The van der Waals surface area contributed by atoms with E-state index < -0.39 is 17.7 Å². The third kappa shape index (κ3) is 6.04. The summed E-state index contributed by atoms with van der Waals surface area (Å²) in [6, 6.07) is 18.1. The number of carbonyl (C=O) groups excluding carboxylic acids is 2. The number of rotatable bonds is 8. The van der Waals surface area contributed by atoms with Crippen molar-refractivity contribution in [3.05, 3.63) is 106 Å². The van der Waals surface area contributed by atoms with Gasteiger partial charge >= 0.3 is 0 Å². The number of likely N-dealkylation sites (tertiary alicyclic amines) is 1. The summed E-state index contributed by atoms with van der Waals surface area (Å²) < 4.78 is 24.4. The molecule has 1 saturated heterocycles. The van der Waals surface area contributed by atoms with Gasteiger partial charge in [-0.2, -0.15) is 0 Å². The highest BCUT2D eigenvalue weighted by Gasteiger charge is 2.46. The van der Waals surface area contributed by atoms with Crippen LogP contribution in [0.2, 0.25) is 0 Å². The van der Waals surface area contributed by atoms with Gasteiger partial charge in [0.25, 0.3) is 11.7 Å². The summed E-state index contributed by atoms with van der Waals surface area (Å²) >= 11 is 0. The van der Waals surface area contributed by atoms with Crippen LogP contribution in [0.3, 0.4) is 0 Å². The number of halogens is 1. The van der Waals surface area contributed by atoms with E-state index in [1.807, 2.05) is 25.1 Å². The summed E-state index contributed by atoms with van der Waals surface area (Å²) in [6.07, 6.45) is 0. The molecule has 0 spiro atoms. The van der Waals surface area contributed by atoms with Crippen LogP contribution >= 0.6 is 0 Å². The first-order chi connectivity index (χ1) is 18.5. The molecule has 39 heavy (non-hydrogen) atoms. The van der Waals surface area contributed by atoms with Crippen molar-refractivity contribution >= 4 is 17.4 Å². The molecule has 1 heterocycles. The highest BCUT2D eigenvalue weighted by Crippen LogP contribution is 2.41. The van der Waals surface area contributed by atoms with E-state index in [0.717, 1.165) is 16.7 Å². The molecule has 7 heteroatoms. The molecule has 0 aromatic heterocycles. The second kappa shape index (κ2) is 11.4. The second-order valence-corrected chi connectivity index (χ2v) is 10.8. The van der Waals surface area contributed by atoms with Gasteiger partial charge in [0.1, 0.15) is 23.9 Å². The Morgan fingerprint density at radius 1 is 1.03 bits per heavy atom. The zero-order valence-corrected chi connectivity index (χ0v) is 23.0. The Bertz CT molecular complexity index is 1400. The average Bonchev–Trinajstić information content (AvgIpc) is 3.16. The predicted molar refractivity (Wildman–Crippen MR) is 148 cm³/mol. The summed E-state index contributed by atoms with van der Waals surface area (Å²) in [5.41, 5.74) is 3.56. The Labute approximate surface area is 228 Å². The van der Waals surface area contributed by atoms with Crippen LogP contribution in [0.1, 0.15) is 54.6 Å². The van der Waals surface area contributed by atoms with Gasteiger partial charge in [-0.3, -0.25) is 9.59 Å². The molecule has 0 bridgehead atoms. The van der Waals surface area contributed by atoms with Crippen LogP contribution in [-0.2, 0) is 26.3 Å². The van der Waals surface area contributed by atoms with Gasteiger partial charge in [-0.1, -0.05) is 57.2 Å². The van der Waals surface area contributed by atoms with E-state index in [0.29, 0.717) is 16.9 Å². The van der Waals surface area contributed by atoms with Crippen molar-refractivity contribution in [2.45, 2.75) is 45.8 Å². The lowest BCUT2D eigenvalue weighted by atomic mass is 9.84. The van der Waals surface area contributed by atoms with Gasteiger partial charge in [0.2, 0.25) is 0 Å². The number of ether oxygens (including phenoxy) is 2. The number of amides is 1. The molecule has 0 aliphatic carbocycles. The number of nitrogens with zero attached hydrogens (tertiary/aromatic N) is 1. The number of Topliss-reactive ketones (excluding diaryl/α,β-unsaturated/α-hetero) is 1. The second-order valence-electron chi connectivity index (χ2n) is 10.8. The molecule has 4 rings (SSSR count). The van der Waals surface area contributed by atoms with Crippen molar-refractivity contribution in [2.75, 3.05) is 20.3 Å². The Hall–Kier alpha value is -3.97. The van der Waals surface area contributed by atoms with E-state index in [1.54, 1.807) is 36.4 Å². The summed E-state index contributed by atoms with van der Waals surface area (Å²) in [5.74, 6) is -1.46. The molecule has 6 nitrogen and oxygen atoms in total. The van der Waals surface area contributed by atoms with Crippen LogP contribution in [0, 0.1) is 12.7 Å². The Balaban J connectivity index is 1.78. The molecular weight excluding hydrogens is 497 g/mol. The Kier molecular flexibility index (Phi) is 8.21. The summed E-state index contributed by atoms with van der Waals surface area (Å²) in [4.78, 5) is 28.0. The lowest BCUT2D eigenvalue weighted by Gasteiger charge is -2.26. The largest absolute Gasteiger partial charge is 0.507 e. The van der Waals surface area contributed by atoms with Gasteiger partial charge in [0.15, 0.2) is 0 Å². The highest BCUT2D eigenvalue weighted by molar-refractivity contribution is 6.46. The van der Waals surface area contributed by atoms with Crippen LogP contribution in [0.4, 0.5) is 4.39 Å². The maximum absolute atomic E-state index is 13.4. The topological polar surface area (TPSA) is 76.1 Å². The molecule has 204 valence electrons. The van der Waals surface area contributed by atoms with E-state index in [2.05, 4.69) is 20.8 Å². The first-order valence-electron chi connectivity index (χ1n) is 12.9. The smallest absolute Gasteiger partial charge is 0.295 e. The molecule has 1 unspecified atom stereocenters. The van der Waals surface area contributed by atoms with Gasteiger partial charge in [0, 0.05) is 19.2 Å². The van der Waals surface area contributed by atoms with E-state index in [9.17, 15) is 19.1 Å². The third-order valence-electron chi connectivity index (χ3n) is 6.93. The van der Waals surface area contributed by atoms with Crippen molar-refractivity contribution in [2.24, 2.45) is 0 Å². The molecule has 3 aromatic carbocycles. The number of ketones is 1. The normalized spacial score (nSPS) is 17.1. The summed E-state index contributed by atoms with van der Waals surface area (Å²) in [6.45, 7) is 8.69. The van der Waals surface area contributed by atoms with E-state index in [-0.39, 0.29) is 42.3 Å². The minimum absolute atomic E-state index is 0.0287. The zero-order chi connectivity index (χ0) is 28.3. The first-order valence-corrected chi connectivity index (χ1v) is 12.9. The van der Waals surface area contributed by atoms with Crippen LogP contribution in [0.25, 0.3) is 5.76 Å². The van der Waals surface area contributed by atoms with Gasteiger partial charge in [-0.25, -0.2) is 4.39 Å². The maximum atomic E-state index is 13.4. The molecular formula is C32H34FNO5. The van der Waals surface area contributed by atoms with Gasteiger partial charge in [0.05, 0.1) is 18.2 Å². The molecule has 1 amide bonds. The van der Waals surface area contributed by atoms with Crippen molar-refractivity contribution in [3.63, 3.8) is 0 Å². The Morgan fingerprint density at radius 3 is 2.41 bits per heavy atom. The Morgan fingerprint density at radius 2 is 1.74 bits per heavy atom. The monoisotopic (exact) mass is 531 g/mol. The number of carbonyl (C=O) groups is 2. The van der Waals surface area contributed by atoms with E-state index in [1.165, 1.54) is 24.1 Å². The predicted octanol–water partition coefficient (Wildman–Crippen LogP) is 6.08. The zero-order valence-electron chi connectivity index (χ0n) is 23.0. The van der Waals surface area contributed by atoms with E-state index in [4.69, 9.17) is 9.47 Å². The number of aryl methyl sites for hydroxylation is 1. The summed E-state index contributed by atoms with van der Waals surface area (Å²) in [5, 5.41) is 11.6. The van der Waals surface area contributed by atoms with Gasteiger partial charge in [-0.05, 0) is 64.9 Å². The van der Waals surface area contributed by atoms with Crippen molar-refractivity contribution in [1.82, 2.24) is 4.90 Å². The van der Waals surface area contributed by atoms with Crippen LogP contribution in [-0.4, -0.2) is 42.0 Å². The first kappa shape index (κ1) is 28.0. The lowest BCUT2D eigenvalue weighted by molar-refractivity contribution is -0.140. The highest BCUT2D eigenvalue weighted by atomic mass is 19.1. The molecule has 1 atom stereocenters. The van der Waals surface area contributed by atoms with Gasteiger partial charge in [-0.15, -0.1) is 0 Å². The van der Waals surface area contributed by atoms with Crippen molar-refractivity contribution < 1.29 is 28.6 Å². The number of methoxy groups -OCH3 is 1. The average molecular weight is 532 g/mol. The fraction of sp³-hybridized carbons (Fsp3) is 0.312. The molecule has 1 fully saturated rings. The number of hydrogen-bond acceptors (Lipinski definition) is 5. The van der Waals surface area contributed by atoms with Gasteiger partial charge < -0.3 is 19.5 Å². The summed E-state index contributed by atoms with van der Waals surface area (Å²) in [7, 11) is 1.52. The molecule has 0 radical (unpaired) electrons. The number of aliphatic hydroxyl groups is 1. The number of aliphatic hydroxyl groups excluding tert-OH is 1. The van der Waals surface area contributed by atoms with Crippen molar-refractivity contribution in [1.29, 1.82) is 0 Å². The SMILES string of the molecule is COCCN1C(=O)C(=O)/C(=C(/O)c2cc(C(C)(C)C)ccc2C)C1c1cccc(OCc2ccc(F)cc2)c1. The molecule has 3 aromatic rings. The van der Waals surface area contributed by atoms with Crippen molar-refractivity contribution in [3.8, 4) is 5.75 Å². The number of hydrogen-bond donors (Lipinski definition) is 1. The molecule has 0 saturated carbocycles. The third-order valence-corrected chi connectivity index (χ3v) is 6.93.